The molecule has 0 spiro atoms. The van der Waals surface area contributed by atoms with E-state index in [2.05, 4.69) is 6.58 Å². The Bertz CT molecular complexity index is 622. The lowest BCUT2D eigenvalue weighted by Crippen LogP contribution is -2.34. The van der Waals surface area contributed by atoms with Gasteiger partial charge in [-0.15, -0.1) is 0 Å². The van der Waals surface area contributed by atoms with Crippen molar-refractivity contribution in [1.82, 2.24) is 0 Å². The molecule has 0 bridgehead atoms. The maximum absolute atomic E-state index is 11.7. The van der Waals surface area contributed by atoms with Crippen LogP contribution in [0.25, 0.3) is 0 Å². The fourth-order valence-electron chi connectivity index (χ4n) is 4.09. The monoisotopic (exact) mass is 458 g/mol. The van der Waals surface area contributed by atoms with Gasteiger partial charge >= 0.3 is 11.9 Å². The molecule has 5 atom stereocenters. The smallest absolute Gasteiger partial charge is 0.333 e. The molecule has 0 heterocycles. The summed E-state index contributed by atoms with van der Waals surface area (Å²) in [5.41, 5.74) is 0.216. The van der Waals surface area contributed by atoms with Crippen molar-refractivity contribution < 1.29 is 48.5 Å². The van der Waals surface area contributed by atoms with E-state index in [1.54, 1.807) is 0 Å². The zero-order valence-electron chi connectivity index (χ0n) is 18.6. The van der Waals surface area contributed by atoms with E-state index in [4.69, 9.17) is 29.0 Å². The first-order valence-corrected chi connectivity index (χ1v) is 11.1. The van der Waals surface area contributed by atoms with Crippen molar-refractivity contribution in [3.63, 3.8) is 0 Å². The van der Waals surface area contributed by atoms with E-state index in [1.165, 1.54) is 6.92 Å². The number of rotatable bonds is 14. The van der Waals surface area contributed by atoms with Gasteiger partial charge in [0, 0.05) is 11.5 Å². The molecule has 1 N–H and O–H groups in total. The molecule has 32 heavy (non-hydrogen) atoms. The Balaban J connectivity index is 1.83. The van der Waals surface area contributed by atoms with Crippen LogP contribution in [0.4, 0.5) is 0 Å². The molecule has 2 saturated carbocycles. The number of aliphatic carboxylic acids is 1. The third-order valence-corrected chi connectivity index (χ3v) is 5.91. The zero-order valence-corrected chi connectivity index (χ0v) is 18.6. The van der Waals surface area contributed by atoms with Crippen molar-refractivity contribution in [3.05, 3.63) is 12.2 Å². The quantitative estimate of drug-likeness (QED) is 0.104. The van der Waals surface area contributed by atoms with E-state index < -0.39 is 24.1 Å². The second-order valence-corrected chi connectivity index (χ2v) is 8.37. The highest BCUT2D eigenvalue weighted by Gasteiger charge is 2.32. The van der Waals surface area contributed by atoms with Crippen LogP contribution in [0.15, 0.2) is 12.2 Å². The molecule has 0 aromatic carbocycles. The first-order valence-electron chi connectivity index (χ1n) is 11.1. The first-order chi connectivity index (χ1) is 15.4. The lowest BCUT2D eigenvalue weighted by Gasteiger charge is -2.30. The van der Waals surface area contributed by atoms with Crippen LogP contribution in [0, 0.1) is 17.8 Å². The van der Waals surface area contributed by atoms with Crippen LogP contribution in [0.1, 0.15) is 58.3 Å². The summed E-state index contributed by atoms with van der Waals surface area (Å²) in [6, 6.07) is 0. The number of ether oxygens (including phenoxy) is 2. The van der Waals surface area contributed by atoms with Crippen LogP contribution < -0.4 is 0 Å². The highest BCUT2D eigenvalue weighted by atomic mass is 17.3. The van der Waals surface area contributed by atoms with E-state index in [0.717, 1.165) is 44.9 Å². The van der Waals surface area contributed by atoms with E-state index in [-0.39, 0.29) is 43.3 Å². The molecule has 2 aliphatic rings. The Morgan fingerprint density at radius 3 is 2.22 bits per heavy atom. The minimum absolute atomic E-state index is 0.0212. The zero-order chi connectivity index (χ0) is 23.3. The van der Waals surface area contributed by atoms with Gasteiger partial charge in [0.15, 0.2) is 0 Å². The summed E-state index contributed by atoms with van der Waals surface area (Å²) in [6.45, 7) is 5.39. The first kappa shape index (κ1) is 26.2. The Morgan fingerprint density at radius 1 is 1.00 bits per heavy atom. The number of carboxylic acids is 1. The number of carbonyl (C=O) groups is 3. The molecule has 2 fully saturated rings. The van der Waals surface area contributed by atoms with Crippen molar-refractivity contribution in [1.29, 1.82) is 0 Å². The van der Waals surface area contributed by atoms with Crippen molar-refractivity contribution in [2.45, 2.75) is 70.7 Å². The molecule has 0 aromatic rings. The molecule has 2 rings (SSSR count). The van der Waals surface area contributed by atoms with Crippen molar-refractivity contribution in [2.24, 2.45) is 17.8 Å². The molecule has 182 valence electrons. The average Bonchev–Trinajstić information content (AvgIpc) is 2.78. The van der Waals surface area contributed by atoms with Gasteiger partial charge in [-0.3, -0.25) is 9.59 Å². The van der Waals surface area contributed by atoms with E-state index in [1.807, 2.05) is 0 Å². The topological polar surface area (TPSA) is 127 Å². The maximum Gasteiger partial charge on any atom is 0.333 e. The fourth-order valence-corrected chi connectivity index (χ4v) is 4.09. The van der Waals surface area contributed by atoms with Crippen LogP contribution in [0.2, 0.25) is 0 Å². The average molecular weight is 459 g/mol. The van der Waals surface area contributed by atoms with Gasteiger partial charge in [-0.1, -0.05) is 25.8 Å². The molecule has 0 aromatic heterocycles. The van der Waals surface area contributed by atoms with Gasteiger partial charge in [0.2, 0.25) is 0 Å². The summed E-state index contributed by atoms with van der Waals surface area (Å²) < 4.78 is 10.2. The molecule has 5 unspecified atom stereocenters. The summed E-state index contributed by atoms with van der Waals surface area (Å²) in [5.74, 6) is -2.14. The fraction of sp³-hybridized carbons (Fsp3) is 0.773. The van der Waals surface area contributed by atoms with Crippen molar-refractivity contribution in [3.8, 4) is 0 Å². The van der Waals surface area contributed by atoms with Crippen LogP contribution in [-0.4, -0.2) is 55.7 Å². The molecule has 2 aliphatic carbocycles. The highest BCUT2D eigenvalue weighted by molar-refractivity contribution is 5.86. The summed E-state index contributed by atoms with van der Waals surface area (Å²) in [7, 11) is 0. The number of carbonyl (C=O) groups excluding carboxylic acids is 2. The third-order valence-electron chi connectivity index (χ3n) is 5.91. The normalized spacial score (nSPS) is 26.7. The SMILES string of the molecule is C=C(C)C(=O)OCC(OOCC1CCCCC1OC=O)OOCC1CCCCC1C(=O)O. The highest BCUT2D eigenvalue weighted by Crippen LogP contribution is 2.31. The molecule has 0 amide bonds. The second kappa shape index (κ2) is 14.2. The van der Waals surface area contributed by atoms with Gasteiger partial charge in [-0.2, -0.15) is 9.78 Å². The lowest BCUT2D eigenvalue weighted by atomic mass is 9.80. The van der Waals surface area contributed by atoms with Crippen LogP contribution in [0.3, 0.4) is 0 Å². The largest absolute Gasteiger partial charge is 0.481 e. The molecule has 0 radical (unpaired) electrons. The van der Waals surface area contributed by atoms with Gasteiger partial charge in [0.05, 0.1) is 19.1 Å². The number of esters is 1. The molecular formula is C22H34O10. The number of carboxylic acid groups (broad SMARTS) is 1. The predicted octanol–water partition coefficient (Wildman–Crippen LogP) is 2.95. The Labute approximate surface area is 188 Å². The van der Waals surface area contributed by atoms with Gasteiger partial charge in [-0.05, 0) is 44.9 Å². The van der Waals surface area contributed by atoms with Crippen LogP contribution >= 0.6 is 0 Å². The summed E-state index contributed by atoms with van der Waals surface area (Å²) in [5, 5.41) is 9.38. The summed E-state index contributed by atoms with van der Waals surface area (Å²) in [4.78, 5) is 54.9. The standard InChI is InChI=1S/C22H34O10/c1-15(2)22(26)27-13-20(31-29-11-16-7-3-5-9-18(16)21(24)25)32-30-12-17-8-4-6-10-19(17)28-14-23/h14,16-20H,1,3-13H2,2H3,(H,24,25). The van der Waals surface area contributed by atoms with Crippen molar-refractivity contribution >= 4 is 18.4 Å². The molecule has 10 nitrogen and oxygen atoms in total. The van der Waals surface area contributed by atoms with Gasteiger partial charge in [-0.25, -0.2) is 14.6 Å². The minimum atomic E-state index is -1.18. The van der Waals surface area contributed by atoms with Crippen LogP contribution in [0.5, 0.6) is 0 Å². The van der Waals surface area contributed by atoms with Gasteiger partial charge < -0.3 is 14.6 Å². The Kier molecular flexibility index (Phi) is 11.6. The molecule has 10 heteroatoms. The molecule has 0 saturated heterocycles. The molecular weight excluding hydrogens is 424 g/mol. The Morgan fingerprint density at radius 2 is 1.59 bits per heavy atom. The van der Waals surface area contributed by atoms with Crippen LogP contribution in [-0.2, 0) is 43.4 Å². The van der Waals surface area contributed by atoms with Gasteiger partial charge in [0.1, 0.15) is 12.7 Å². The number of hydrogen-bond acceptors (Lipinski definition) is 9. The van der Waals surface area contributed by atoms with Gasteiger partial charge in [0.25, 0.3) is 12.8 Å². The van der Waals surface area contributed by atoms with Crippen molar-refractivity contribution in [2.75, 3.05) is 19.8 Å². The Hall–Kier alpha value is -2.01. The van der Waals surface area contributed by atoms with E-state index >= 15 is 0 Å². The predicted molar refractivity (Wildman–Crippen MR) is 110 cm³/mol. The summed E-state index contributed by atoms with van der Waals surface area (Å²) in [6.07, 6.45) is 5.29. The van der Waals surface area contributed by atoms with E-state index in [9.17, 15) is 19.5 Å². The third kappa shape index (κ3) is 8.85. The summed E-state index contributed by atoms with van der Waals surface area (Å²) >= 11 is 0. The second-order valence-electron chi connectivity index (χ2n) is 8.37. The molecule has 0 aliphatic heterocycles. The lowest BCUT2D eigenvalue weighted by molar-refractivity contribution is -0.470. The maximum atomic E-state index is 11.7. The minimum Gasteiger partial charge on any atom is -0.481 e. The number of hydrogen-bond donors (Lipinski definition) is 1. The van der Waals surface area contributed by atoms with E-state index in [0.29, 0.717) is 12.9 Å².